The minimum atomic E-state index is -0.669. The number of nitrogens with one attached hydrogen (secondary N) is 1. The van der Waals surface area contributed by atoms with Crippen LogP contribution >= 0.6 is 0 Å². The lowest BCUT2D eigenvalue weighted by atomic mass is 10.2. The number of aliphatic hydroxyl groups excluding tert-OH is 1. The van der Waals surface area contributed by atoms with Crippen LogP contribution in [0.5, 0.6) is 0 Å². The second kappa shape index (κ2) is 5.41. The Hall–Kier alpha value is -1.53. The summed E-state index contributed by atoms with van der Waals surface area (Å²) in [6, 6.07) is -0.287. The van der Waals surface area contributed by atoms with Gasteiger partial charge in [-0.25, -0.2) is 4.98 Å². The molecule has 0 unspecified atom stereocenters. The molecule has 1 saturated carbocycles. The van der Waals surface area contributed by atoms with Crippen molar-refractivity contribution >= 4 is 5.91 Å². The van der Waals surface area contributed by atoms with E-state index in [4.69, 9.17) is 4.74 Å². The van der Waals surface area contributed by atoms with Gasteiger partial charge in [-0.1, -0.05) is 0 Å². The van der Waals surface area contributed by atoms with Crippen molar-refractivity contribution in [3.8, 4) is 0 Å². The number of aromatic nitrogens is 2. The van der Waals surface area contributed by atoms with Gasteiger partial charge < -0.3 is 15.2 Å². The van der Waals surface area contributed by atoms with Crippen LogP contribution in [0, 0.1) is 6.92 Å². The van der Waals surface area contributed by atoms with Gasteiger partial charge in [-0.15, -0.1) is 0 Å². The molecule has 1 aliphatic rings. The largest absolute Gasteiger partial charge is 0.388 e. The Balaban J connectivity index is 1.98. The molecule has 2 rings (SSSR count). The zero-order valence-electron chi connectivity index (χ0n) is 10.5. The molecule has 1 amide bonds. The van der Waals surface area contributed by atoms with E-state index in [-0.39, 0.29) is 23.7 Å². The fraction of sp³-hybridized carbons (Fsp3) is 0.583. The molecule has 6 nitrogen and oxygen atoms in total. The average molecular weight is 251 g/mol. The molecule has 2 N–H and O–H groups in total. The van der Waals surface area contributed by atoms with Gasteiger partial charge in [0.25, 0.3) is 5.91 Å². The lowest BCUT2D eigenvalue weighted by molar-refractivity contribution is 0.000179. The summed E-state index contributed by atoms with van der Waals surface area (Å²) in [7, 11) is 1.56. The molecule has 1 aromatic heterocycles. The van der Waals surface area contributed by atoms with Crippen molar-refractivity contribution < 1.29 is 14.6 Å². The molecule has 1 heterocycles. The molecule has 0 spiro atoms. The van der Waals surface area contributed by atoms with Gasteiger partial charge in [0.2, 0.25) is 0 Å². The molecule has 18 heavy (non-hydrogen) atoms. The molecule has 0 saturated heterocycles. The summed E-state index contributed by atoms with van der Waals surface area (Å²) >= 11 is 0. The first-order chi connectivity index (χ1) is 8.61. The van der Waals surface area contributed by atoms with E-state index in [0.29, 0.717) is 6.42 Å². The monoisotopic (exact) mass is 251 g/mol. The van der Waals surface area contributed by atoms with Gasteiger partial charge in [0.05, 0.1) is 24.0 Å². The zero-order chi connectivity index (χ0) is 13.1. The minimum Gasteiger partial charge on any atom is -0.388 e. The van der Waals surface area contributed by atoms with Crippen LogP contribution in [0.3, 0.4) is 0 Å². The molecular formula is C12H17N3O3. The third kappa shape index (κ3) is 2.65. The highest BCUT2D eigenvalue weighted by Gasteiger charge is 2.35. The number of hydrogen-bond donors (Lipinski definition) is 2. The van der Waals surface area contributed by atoms with Crippen LogP contribution in [-0.2, 0) is 4.74 Å². The predicted molar refractivity (Wildman–Crippen MR) is 64.1 cm³/mol. The first-order valence-corrected chi connectivity index (χ1v) is 5.92. The van der Waals surface area contributed by atoms with Gasteiger partial charge in [0, 0.05) is 13.3 Å². The van der Waals surface area contributed by atoms with Gasteiger partial charge >= 0.3 is 0 Å². The maximum Gasteiger partial charge on any atom is 0.271 e. The Morgan fingerprint density at radius 3 is 2.78 bits per heavy atom. The summed E-state index contributed by atoms with van der Waals surface area (Å²) in [6.07, 6.45) is 3.53. The number of aryl methyl sites for hydroxylation is 1. The minimum absolute atomic E-state index is 0.209. The van der Waals surface area contributed by atoms with Gasteiger partial charge in [-0.05, 0) is 19.8 Å². The van der Waals surface area contributed by atoms with E-state index >= 15 is 0 Å². The Labute approximate surface area is 105 Å². The van der Waals surface area contributed by atoms with Gasteiger partial charge in [-0.2, -0.15) is 0 Å². The van der Waals surface area contributed by atoms with E-state index in [9.17, 15) is 9.90 Å². The zero-order valence-corrected chi connectivity index (χ0v) is 10.5. The summed E-state index contributed by atoms with van der Waals surface area (Å²) in [4.78, 5) is 19.9. The van der Waals surface area contributed by atoms with E-state index < -0.39 is 6.10 Å². The van der Waals surface area contributed by atoms with Crippen LogP contribution in [0.15, 0.2) is 12.4 Å². The maximum absolute atomic E-state index is 11.9. The number of carbonyl (C=O) groups is 1. The number of rotatable bonds is 3. The van der Waals surface area contributed by atoms with Crippen molar-refractivity contribution in [3.05, 3.63) is 23.8 Å². The standard InChI is InChI=1S/C12H17N3O3/c1-7-5-14-9(6-13-7)12(17)15-8-3-4-10(18-2)11(8)16/h5-6,8,10-11,16H,3-4H2,1-2H3,(H,15,17)/t8-,10-,11-/m1/s1. The number of aliphatic hydroxyl groups is 1. The van der Waals surface area contributed by atoms with Crippen molar-refractivity contribution in [2.24, 2.45) is 0 Å². The third-order valence-electron chi connectivity index (χ3n) is 3.19. The molecule has 0 radical (unpaired) electrons. The molecule has 3 atom stereocenters. The second-order valence-electron chi connectivity index (χ2n) is 4.47. The number of carbonyl (C=O) groups excluding carboxylic acids is 1. The first-order valence-electron chi connectivity index (χ1n) is 5.92. The molecule has 1 aliphatic carbocycles. The second-order valence-corrected chi connectivity index (χ2v) is 4.47. The number of hydrogen-bond acceptors (Lipinski definition) is 5. The lowest BCUT2D eigenvalue weighted by Crippen LogP contribution is -2.43. The van der Waals surface area contributed by atoms with Crippen LogP contribution in [0.4, 0.5) is 0 Å². The van der Waals surface area contributed by atoms with Crippen LogP contribution < -0.4 is 5.32 Å². The average Bonchev–Trinajstić information content (AvgIpc) is 2.71. The molecule has 6 heteroatoms. The van der Waals surface area contributed by atoms with E-state index in [2.05, 4.69) is 15.3 Å². The summed E-state index contributed by atoms with van der Waals surface area (Å²) in [5.74, 6) is -0.316. The predicted octanol–water partition coefficient (Wildman–Crippen LogP) is 0.0531. The fourth-order valence-corrected chi connectivity index (χ4v) is 2.11. The topological polar surface area (TPSA) is 84.3 Å². The van der Waals surface area contributed by atoms with Crippen molar-refractivity contribution in [1.29, 1.82) is 0 Å². The van der Waals surface area contributed by atoms with Crippen molar-refractivity contribution in [2.45, 2.75) is 38.0 Å². The highest BCUT2D eigenvalue weighted by atomic mass is 16.5. The number of ether oxygens (including phenoxy) is 1. The summed E-state index contributed by atoms with van der Waals surface area (Å²) in [6.45, 7) is 1.80. The fourth-order valence-electron chi connectivity index (χ4n) is 2.11. The van der Waals surface area contributed by atoms with E-state index in [1.807, 2.05) is 0 Å². The summed E-state index contributed by atoms with van der Waals surface area (Å²) in [5.41, 5.74) is 1.01. The molecule has 1 aromatic rings. The van der Waals surface area contributed by atoms with E-state index in [1.54, 1.807) is 14.0 Å². The van der Waals surface area contributed by atoms with E-state index in [1.165, 1.54) is 12.4 Å². The van der Waals surface area contributed by atoms with Crippen molar-refractivity contribution in [1.82, 2.24) is 15.3 Å². The summed E-state index contributed by atoms with van der Waals surface area (Å²) in [5, 5.41) is 12.7. The van der Waals surface area contributed by atoms with Crippen LogP contribution in [0.25, 0.3) is 0 Å². The number of methoxy groups -OCH3 is 1. The Bertz CT molecular complexity index is 421. The Morgan fingerprint density at radius 1 is 1.44 bits per heavy atom. The summed E-state index contributed by atoms with van der Waals surface area (Å²) < 4.78 is 5.13. The smallest absolute Gasteiger partial charge is 0.271 e. The van der Waals surface area contributed by atoms with Crippen LogP contribution in [0.2, 0.25) is 0 Å². The molecular weight excluding hydrogens is 234 g/mol. The van der Waals surface area contributed by atoms with Crippen LogP contribution in [0.1, 0.15) is 29.0 Å². The first kappa shape index (κ1) is 12.9. The molecule has 0 aliphatic heterocycles. The Morgan fingerprint density at radius 2 is 2.22 bits per heavy atom. The van der Waals surface area contributed by atoms with Crippen molar-refractivity contribution in [3.63, 3.8) is 0 Å². The number of nitrogens with zero attached hydrogens (tertiary/aromatic N) is 2. The molecule has 1 fully saturated rings. The molecule has 0 aromatic carbocycles. The lowest BCUT2D eigenvalue weighted by Gasteiger charge is -2.19. The quantitative estimate of drug-likeness (QED) is 0.793. The van der Waals surface area contributed by atoms with Crippen LogP contribution in [-0.4, -0.2) is 46.3 Å². The van der Waals surface area contributed by atoms with Crippen molar-refractivity contribution in [2.75, 3.05) is 7.11 Å². The Kier molecular flexibility index (Phi) is 3.88. The maximum atomic E-state index is 11.9. The number of amides is 1. The van der Waals surface area contributed by atoms with Gasteiger partial charge in [-0.3, -0.25) is 9.78 Å². The van der Waals surface area contributed by atoms with Gasteiger partial charge in [0.1, 0.15) is 11.8 Å². The third-order valence-corrected chi connectivity index (χ3v) is 3.19. The SMILES string of the molecule is CO[C@@H]1CC[C@@H](NC(=O)c2cnc(C)cn2)[C@H]1O. The molecule has 0 bridgehead atoms. The van der Waals surface area contributed by atoms with E-state index in [0.717, 1.165) is 12.1 Å². The highest BCUT2D eigenvalue weighted by Crippen LogP contribution is 2.22. The normalized spacial score (nSPS) is 27.2. The molecule has 98 valence electrons. The highest BCUT2D eigenvalue weighted by molar-refractivity contribution is 5.92. The van der Waals surface area contributed by atoms with Gasteiger partial charge in [0.15, 0.2) is 0 Å².